The van der Waals surface area contributed by atoms with Gasteiger partial charge in [0.1, 0.15) is 0 Å². The third-order valence-corrected chi connectivity index (χ3v) is 6.13. The highest BCUT2D eigenvalue weighted by atomic mass is 32.2. The Morgan fingerprint density at radius 2 is 2.04 bits per heavy atom. The topological polar surface area (TPSA) is 64.2 Å². The van der Waals surface area contributed by atoms with E-state index in [9.17, 15) is 4.79 Å². The van der Waals surface area contributed by atoms with Crippen molar-refractivity contribution < 1.29 is 4.79 Å². The van der Waals surface area contributed by atoms with Crippen LogP contribution in [0.1, 0.15) is 36.0 Å². The fourth-order valence-corrected chi connectivity index (χ4v) is 4.43. The molecule has 0 bridgehead atoms. The molecule has 1 saturated carbocycles. The molecule has 25 heavy (non-hydrogen) atoms. The molecule has 0 spiro atoms. The van der Waals surface area contributed by atoms with Gasteiger partial charge < -0.3 is 9.88 Å². The van der Waals surface area contributed by atoms with Gasteiger partial charge in [0.15, 0.2) is 5.16 Å². The molecule has 4 rings (SSSR count). The van der Waals surface area contributed by atoms with E-state index in [-0.39, 0.29) is 11.9 Å². The number of imidazole rings is 1. The van der Waals surface area contributed by atoms with Crippen molar-refractivity contribution >= 4 is 23.2 Å². The summed E-state index contributed by atoms with van der Waals surface area (Å²) in [7, 11) is 2.03. The van der Waals surface area contributed by atoms with Crippen LogP contribution in [0.15, 0.2) is 48.1 Å². The summed E-state index contributed by atoms with van der Waals surface area (Å²) >= 11 is 1.85. The third kappa shape index (κ3) is 3.56. The molecular formula is C18H21N5OS. The molecule has 6 nitrogen and oxygen atoms in total. The van der Waals surface area contributed by atoms with Crippen molar-refractivity contribution in [3.63, 3.8) is 0 Å². The Hall–Kier alpha value is -2.28. The Balaban J connectivity index is 1.32. The Morgan fingerprint density at radius 3 is 2.80 bits per heavy atom. The maximum absolute atomic E-state index is 12.5. The van der Waals surface area contributed by atoms with Crippen molar-refractivity contribution in [1.82, 2.24) is 24.5 Å². The molecule has 3 aromatic heterocycles. The predicted octanol–water partition coefficient (Wildman–Crippen LogP) is 2.90. The van der Waals surface area contributed by atoms with E-state index in [1.54, 1.807) is 10.7 Å². The molecule has 1 aliphatic rings. The average molecular weight is 355 g/mol. The van der Waals surface area contributed by atoms with E-state index in [2.05, 4.69) is 20.0 Å². The maximum atomic E-state index is 12.5. The SMILES string of the molecule is Cn1ccnc1SC1CCC(NC(=O)c2ccn3nccc3c2)CC1. The van der Waals surface area contributed by atoms with Crippen LogP contribution in [0.4, 0.5) is 0 Å². The first-order valence-electron chi connectivity index (χ1n) is 8.57. The van der Waals surface area contributed by atoms with Crippen LogP contribution in [-0.4, -0.2) is 36.4 Å². The molecule has 7 heteroatoms. The summed E-state index contributed by atoms with van der Waals surface area (Å²) in [6.07, 6.45) is 11.6. The lowest BCUT2D eigenvalue weighted by Crippen LogP contribution is -2.38. The second-order valence-electron chi connectivity index (χ2n) is 6.50. The normalized spacial score (nSPS) is 20.7. The Labute approximate surface area is 150 Å². The number of rotatable bonds is 4. The number of amides is 1. The van der Waals surface area contributed by atoms with Gasteiger partial charge in [-0.2, -0.15) is 5.10 Å². The number of pyridine rings is 1. The summed E-state index contributed by atoms with van der Waals surface area (Å²) in [4.78, 5) is 16.9. The standard InChI is InChI=1S/C18H21N5OS/c1-22-11-9-19-18(22)25-16-4-2-14(3-5-16)21-17(24)13-7-10-23-15(12-13)6-8-20-23/h6-12,14,16H,2-5H2,1H3,(H,21,24). The summed E-state index contributed by atoms with van der Waals surface area (Å²) in [5.74, 6) is 0.00362. The minimum Gasteiger partial charge on any atom is -0.349 e. The number of aryl methyl sites for hydroxylation is 1. The Kier molecular flexibility index (Phi) is 4.48. The number of fused-ring (bicyclic) bond motifs is 1. The average Bonchev–Trinajstić information content (AvgIpc) is 3.25. The van der Waals surface area contributed by atoms with E-state index < -0.39 is 0 Å². The fourth-order valence-electron chi connectivity index (χ4n) is 3.27. The second-order valence-corrected chi connectivity index (χ2v) is 7.77. The van der Waals surface area contributed by atoms with Crippen LogP contribution < -0.4 is 5.32 Å². The fraction of sp³-hybridized carbons (Fsp3) is 0.389. The van der Waals surface area contributed by atoms with E-state index in [0.717, 1.165) is 36.4 Å². The molecular weight excluding hydrogens is 334 g/mol. The molecule has 1 amide bonds. The first-order chi connectivity index (χ1) is 12.2. The summed E-state index contributed by atoms with van der Waals surface area (Å²) in [5.41, 5.74) is 1.63. The highest BCUT2D eigenvalue weighted by molar-refractivity contribution is 7.99. The van der Waals surface area contributed by atoms with Gasteiger partial charge in [-0.05, 0) is 43.9 Å². The number of carbonyl (C=O) groups is 1. The molecule has 3 heterocycles. The molecule has 1 fully saturated rings. The number of aromatic nitrogens is 4. The molecule has 0 unspecified atom stereocenters. The third-order valence-electron chi connectivity index (χ3n) is 4.72. The zero-order valence-corrected chi connectivity index (χ0v) is 14.9. The van der Waals surface area contributed by atoms with Crippen molar-refractivity contribution in [3.8, 4) is 0 Å². The van der Waals surface area contributed by atoms with Gasteiger partial charge in [-0.1, -0.05) is 11.8 Å². The van der Waals surface area contributed by atoms with E-state index in [0.29, 0.717) is 10.8 Å². The zero-order valence-electron chi connectivity index (χ0n) is 14.1. The predicted molar refractivity (Wildman–Crippen MR) is 97.8 cm³/mol. The Bertz CT molecular complexity index is 878. The van der Waals surface area contributed by atoms with Gasteiger partial charge in [-0.25, -0.2) is 9.50 Å². The van der Waals surface area contributed by atoms with Crippen LogP contribution in [0.5, 0.6) is 0 Å². The molecule has 0 aromatic carbocycles. The smallest absolute Gasteiger partial charge is 0.251 e. The number of nitrogens with zero attached hydrogens (tertiary/aromatic N) is 4. The minimum absolute atomic E-state index is 0.00362. The van der Waals surface area contributed by atoms with Gasteiger partial charge in [0.05, 0.1) is 5.52 Å². The number of thioether (sulfide) groups is 1. The van der Waals surface area contributed by atoms with Crippen molar-refractivity contribution in [2.45, 2.75) is 42.1 Å². The van der Waals surface area contributed by atoms with E-state index >= 15 is 0 Å². The van der Waals surface area contributed by atoms with Crippen LogP contribution in [-0.2, 0) is 7.05 Å². The van der Waals surface area contributed by atoms with Crippen LogP contribution in [0.3, 0.4) is 0 Å². The number of carbonyl (C=O) groups excluding carboxylic acids is 1. The Morgan fingerprint density at radius 1 is 1.20 bits per heavy atom. The van der Waals surface area contributed by atoms with Gasteiger partial charge in [-0.3, -0.25) is 4.79 Å². The number of hydrogen-bond donors (Lipinski definition) is 1. The molecule has 0 atom stereocenters. The molecule has 0 saturated heterocycles. The van der Waals surface area contributed by atoms with Crippen LogP contribution in [0.2, 0.25) is 0 Å². The van der Waals surface area contributed by atoms with E-state index in [1.165, 1.54) is 0 Å². The molecule has 1 N–H and O–H groups in total. The van der Waals surface area contributed by atoms with Crippen LogP contribution in [0.25, 0.3) is 5.52 Å². The molecule has 1 aliphatic carbocycles. The van der Waals surface area contributed by atoms with Gasteiger partial charge in [0, 0.05) is 48.7 Å². The van der Waals surface area contributed by atoms with Crippen molar-refractivity contribution in [1.29, 1.82) is 0 Å². The molecule has 3 aromatic rings. The second kappa shape index (κ2) is 6.92. The monoisotopic (exact) mass is 355 g/mol. The van der Waals surface area contributed by atoms with E-state index in [1.807, 2.05) is 55.6 Å². The quantitative estimate of drug-likeness (QED) is 0.782. The lowest BCUT2D eigenvalue weighted by Gasteiger charge is -2.28. The lowest BCUT2D eigenvalue weighted by molar-refractivity contribution is 0.0928. The number of hydrogen-bond acceptors (Lipinski definition) is 4. The van der Waals surface area contributed by atoms with Crippen molar-refractivity contribution in [3.05, 3.63) is 48.5 Å². The van der Waals surface area contributed by atoms with Gasteiger partial charge in [0.2, 0.25) is 0 Å². The molecule has 0 aliphatic heterocycles. The number of nitrogens with one attached hydrogen (secondary N) is 1. The summed E-state index contributed by atoms with van der Waals surface area (Å²) in [6, 6.07) is 5.85. The lowest BCUT2D eigenvalue weighted by atomic mass is 9.95. The largest absolute Gasteiger partial charge is 0.349 e. The first-order valence-corrected chi connectivity index (χ1v) is 9.45. The summed E-state index contributed by atoms with van der Waals surface area (Å²) in [5, 5.41) is 8.99. The van der Waals surface area contributed by atoms with Gasteiger partial charge >= 0.3 is 0 Å². The molecule has 130 valence electrons. The van der Waals surface area contributed by atoms with Crippen molar-refractivity contribution in [2.24, 2.45) is 7.05 Å². The summed E-state index contributed by atoms with van der Waals surface area (Å²) in [6.45, 7) is 0. The minimum atomic E-state index is 0.00362. The highest BCUT2D eigenvalue weighted by Crippen LogP contribution is 2.32. The van der Waals surface area contributed by atoms with Gasteiger partial charge in [0.25, 0.3) is 5.91 Å². The highest BCUT2D eigenvalue weighted by Gasteiger charge is 2.24. The van der Waals surface area contributed by atoms with E-state index in [4.69, 9.17) is 0 Å². The zero-order chi connectivity index (χ0) is 17.2. The first kappa shape index (κ1) is 16.2. The van der Waals surface area contributed by atoms with Crippen LogP contribution >= 0.6 is 11.8 Å². The van der Waals surface area contributed by atoms with Crippen molar-refractivity contribution in [2.75, 3.05) is 0 Å². The summed E-state index contributed by atoms with van der Waals surface area (Å²) < 4.78 is 3.82. The molecule has 0 radical (unpaired) electrons. The maximum Gasteiger partial charge on any atom is 0.251 e. The van der Waals surface area contributed by atoms with Crippen LogP contribution in [0, 0.1) is 0 Å². The van der Waals surface area contributed by atoms with Gasteiger partial charge in [-0.15, -0.1) is 0 Å².